The number of halogens is 1. The predicted octanol–water partition coefficient (Wildman–Crippen LogP) is 7.95. The molecule has 4 heterocycles. The van der Waals surface area contributed by atoms with Crippen LogP contribution in [-0.4, -0.2) is 50.9 Å². The maximum Gasteiger partial charge on any atom is 0.264 e. The molecule has 3 aliphatic carbocycles. The highest BCUT2D eigenvalue weighted by Gasteiger charge is 2.85. The first-order valence-corrected chi connectivity index (χ1v) is 18.8. The molecule has 3 aromatic heterocycles. The lowest BCUT2D eigenvalue weighted by Crippen LogP contribution is -2.31. The first-order valence-electron chi connectivity index (χ1n) is 17.6. The average molecular weight is 692 g/mol. The lowest BCUT2D eigenvalue weighted by molar-refractivity contribution is 0.0984. The standard InChI is InChI=1S/C37H50ClN7O2S/c1-34(2,3)20-24(19-25-21-35(4,5)40-23-25)22-39-28-7-6-8-31(41-28)48-44-33(46)26-9-10-29(42-32(26)38)45-17-11-30(43-45)47-18-12-27-36(13-14-36)37(27)15-16-37/h6-11,17,24-25,27,40H,12-16,18-23H2,1-5H3,(H,39,41)(H,44,46). The van der Waals surface area contributed by atoms with E-state index in [2.05, 4.69) is 60.1 Å². The Morgan fingerprint density at radius 1 is 1.12 bits per heavy atom. The van der Waals surface area contributed by atoms with Crippen molar-refractivity contribution in [2.24, 2.45) is 34.0 Å². The molecule has 0 aromatic carbocycles. The molecule has 4 fully saturated rings. The number of nitrogens with one attached hydrogen (secondary N) is 3. The summed E-state index contributed by atoms with van der Waals surface area (Å²) in [5, 5.41) is 12.6. The third-order valence-corrected chi connectivity index (χ3v) is 12.1. The van der Waals surface area contributed by atoms with Gasteiger partial charge in [0.2, 0.25) is 5.88 Å². The van der Waals surface area contributed by atoms with E-state index in [1.165, 1.54) is 38.5 Å². The molecule has 258 valence electrons. The lowest BCUT2D eigenvalue weighted by Gasteiger charge is -2.28. The molecule has 3 aromatic rings. The lowest BCUT2D eigenvalue weighted by atomic mass is 9.79. The Hall–Kier alpha value is -2.82. The molecule has 2 atom stereocenters. The molecule has 3 N–H and O–H groups in total. The Bertz CT molecular complexity index is 1630. The van der Waals surface area contributed by atoms with Crippen molar-refractivity contribution >= 4 is 35.3 Å². The Morgan fingerprint density at radius 3 is 2.56 bits per heavy atom. The molecule has 9 nitrogen and oxygen atoms in total. The summed E-state index contributed by atoms with van der Waals surface area (Å²) < 4.78 is 10.5. The number of nitrogens with zero attached hydrogens (tertiary/aromatic N) is 4. The second-order valence-corrected chi connectivity index (χ2v) is 17.8. The number of aromatic nitrogens is 4. The summed E-state index contributed by atoms with van der Waals surface area (Å²) in [5.74, 6) is 3.64. The van der Waals surface area contributed by atoms with Gasteiger partial charge in [-0.2, -0.15) is 0 Å². The minimum Gasteiger partial charge on any atom is -0.477 e. The molecule has 1 saturated heterocycles. The van der Waals surface area contributed by atoms with Gasteiger partial charge in [-0.1, -0.05) is 38.4 Å². The van der Waals surface area contributed by atoms with Crippen molar-refractivity contribution in [2.45, 2.75) is 96.6 Å². The van der Waals surface area contributed by atoms with Gasteiger partial charge in [-0.25, -0.2) is 14.6 Å². The fourth-order valence-corrected chi connectivity index (χ4v) is 9.71. The van der Waals surface area contributed by atoms with E-state index >= 15 is 0 Å². The number of rotatable bonds is 14. The van der Waals surface area contributed by atoms with Crippen LogP contribution in [0.1, 0.15) is 96.3 Å². The van der Waals surface area contributed by atoms with Crippen LogP contribution in [0.5, 0.6) is 5.88 Å². The summed E-state index contributed by atoms with van der Waals surface area (Å²) in [4.78, 5) is 22.3. The van der Waals surface area contributed by atoms with Crippen molar-refractivity contribution in [3.8, 4) is 11.7 Å². The molecular formula is C37H50ClN7O2S. The second kappa shape index (κ2) is 12.8. The summed E-state index contributed by atoms with van der Waals surface area (Å²) in [7, 11) is 0. The van der Waals surface area contributed by atoms with Crippen molar-refractivity contribution in [1.82, 2.24) is 29.8 Å². The van der Waals surface area contributed by atoms with Crippen LogP contribution in [0.3, 0.4) is 0 Å². The molecular weight excluding hydrogens is 642 g/mol. The highest BCUT2D eigenvalue weighted by Crippen LogP contribution is 2.93. The molecule has 11 heteroatoms. The van der Waals surface area contributed by atoms with Crippen LogP contribution < -0.4 is 20.1 Å². The molecule has 3 saturated carbocycles. The van der Waals surface area contributed by atoms with E-state index in [1.807, 2.05) is 24.3 Å². The first-order chi connectivity index (χ1) is 22.8. The number of hydrogen-bond acceptors (Lipinski definition) is 8. The Kier molecular flexibility index (Phi) is 8.99. The number of carbonyl (C=O) groups is 1. The van der Waals surface area contributed by atoms with E-state index in [-0.39, 0.29) is 27.6 Å². The van der Waals surface area contributed by atoms with Gasteiger partial charge in [0.05, 0.1) is 12.2 Å². The first kappa shape index (κ1) is 33.7. The van der Waals surface area contributed by atoms with Crippen molar-refractivity contribution in [2.75, 3.05) is 25.0 Å². The molecule has 1 aliphatic heterocycles. The van der Waals surface area contributed by atoms with Gasteiger partial charge in [-0.05, 0) is 130 Å². The van der Waals surface area contributed by atoms with Gasteiger partial charge >= 0.3 is 0 Å². The van der Waals surface area contributed by atoms with Crippen LogP contribution in [0.25, 0.3) is 5.82 Å². The van der Waals surface area contributed by atoms with E-state index in [0.29, 0.717) is 46.0 Å². The summed E-state index contributed by atoms with van der Waals surface area (Å²) >= 11 is 7.65. The zero-order chi connectivity index (χ0) is 33.7. The topological polar surface area (TPSA) is 106 Å². The zero-order valence-corrected chi connectivity index (χ0v) is 30.5. The van der Waals surface area contributed by atoms with Gasteiger partial charge in [0, 0.05) is 36.3 Å². The molecule has 7 rings (SSSR count). The third-order valence-electron chi connectivity index (χ3n) is 11.1. The second-order valence-electron chi connectivity index (χ2n) is 16.6. The number of anilines is 1. The van der Waals surface area contributed by atoms with Crippen molar-refractivity contribution < 1.29 is 9.53 Å². The SMILES string of the molecule is CC(C)(C)CC(CNc1cccc(SNC(=O)c2ccc(-n3ccc(OCCC4C5(CC5)C45CC5)n3)nc2Cl)n1)CC1CNC(C)(C)C1. The number of carbonyl (C=O) groups excluding carboxylic acids is 1. The summed E-state index contributed by atoms with van der Waals surface area (Å²) in [5.41, 5.74) is 2.15. The Morgan fingerprint density at radius 2 is 1.90 bits per heavy atom. The highest BCUT2D eigenvalue weighted by atomic mass is 35.5. The van der Waals surface area contributed by atoms with E-state index in [0.717, 1.165) is 49.6 Å². The smallest absolute Gasteiger partial charge is 0.264 e. The van der Waals surface area contributed by atoms with Gasteiger partial charge in [0.1, 0.15) is 16.0 Å². The van der Waals surface area contributed by atoms with Crippen LogP contribution in [0.2, 0.25) is 5.15 Å². The van der Waals surface area contributed by atoms with Crippen LogP contribution in [0, 0.1) is 34.0 Å². The average Bonchev–Trinajstić information content (AvgIpc) is 3.98. The predicted molar refractivity (Wildman–Crippen MR) is 192 cm³/mol. The highest BCUT2D eigenvalue weighted by molar-refractivity contribution is 7.97. The number of fused-ring (bicyclic) bond motifs is 1. The molecule has 0 bridgehead atoms. The zero-order valence-electron chi connectivity index (χ0n) is 28.9. The molecule has 0 radical (unpaired) electrons. The number of hydrogen-bond donors (Lipinski definition) is 3. The summed E-state index contributed by atoms with van der Waals surface area (Å²) in [6, 6.07) is 11.1. The minimum absolute atomic E-state index is 0.107. The minimum atomic E-state index is -0.339. The van der Waals surface area contributed by atoms with E-state index in [9.17, 15) is 4.79 Å². The van der Waals surface area contributed by atoms with Crippen molar-refractivity contribution in [1.29, 1.82) is 0 Å². The molecule has 1 amide bonds. The number of ether oxygens (including phenoxy) is 1. The Labute approximate surface area is 294 Å². The van der Waals surface area contributed by atoms with Crippen LogP contribution in [0.4, 0.5) is 5.82 Å². The summed E-state index contributed by atoms with van der Waals surface area (Å²) in [6.45, 7) is 14.2. The van der Waals surface area contributed by atoms with Gasteiger partial charge < -0.3 is 15.4 Å². The largest absolute Gasteiger partial charge is 0.477 e. The van der Waals surface area contributed by atoms with Gasteiger partial charge in [-0.15, -0.1) is 5.10 Å². The van der Waals surface area contributed by atoms with Crippen LogP contribution >= 0.6 is 23.5 Å². The van der Waals surface area contributed by atoms with E-state index in [4.69, 9.17) is 21.3 Å². The van der Waals surface area contributed by atoms with Crippen molar-refractivity contribution in [3.05, 3.63) is 53.3 Å². The van der Waals surface area contributed by atoms with E-state index in [1.54, 1.807) is 23.0 Å². The molecule has 4 aliphatic rings. The fraction of sp³-hybridized carbons (Fsp3) is 0.622. The maximum absolute atomic E-state index is 13.1. The van der Waals surface area contributed by atoms with Gasteiger partial charge in [0.25, 0.3) is 5.91 Å². The van der Waals surface area contributed by atoms with Crippen LogP contribution in [0.15, 0.2) is 47.6 Å². The van der Waals surface area contributed by atoms with Gasteiger partial charge in [0.15, 0.2) is 5.82 Å². The maximum atomic E-state index is 13.1. The molecule has 2 spiro atoms. The van der Waals surface area contributed by atoms with E-state index < -0.39 is 0 Å². The van der Waals surface area contributed by atoms with Crippen LogP contribution in [-0.2, 0) is 0 Å². The van der Waals surface area contributed by atoms with Gasteiger partial charge in [-0.3, -0.25) is 9.52 Å². The fourth-order valence-electron chi connectivity index (χ4n) is 8.87. The Balaban J connectivity index is 0.891. The number of pyridine rings is 2. The molecule has 48 heavy (non-hydrogen) atoms. The van der Waals surface area contributed by atoms with Crippen molar-refractivity contribution in [3.63, 3.8) is 0 Å². The normalized spacial score (nSPS) is 22.1. The third kappa shape index (κ3) is 7.36. The quantitative estimate of drug-likeness (QED) is 0.116. The monoisotopic (exact) mass is 691 g/mol. The number of amides is 1. The summed E-state index contributed by atoms with van der Waals surface area (Å²) in [6.07, 6.45) is 12.1. The molecule has 2 unspecified atom stereocenters.